The van der Waals surface area contributed by atoms with Crippen molar-refractivity contribution in [2.45, 2.75) is 38.3 Å². The van der Waals surface area contributed by atoms with E-state index >= 15 is 0 Å². The van der Waals surface area contributed by atoms with E-state index in [-0.39, 0.29) is 0 Å². The molecule has 0 amide bonds. The fourth-order valence-corrected chi connectivity index (χ4v) is 2.61. The summed E-state index contributed by atoms with van der Waals surface area (Å²) in [5.41, 5.74) is 3.10. The van der Waals surface area contributed by atoms with Crippen LogP contribution in [0.3, 0.4) is 0 Å². The first-order chi connectivity index (χ1) is 9.69. The van der Waals surface area contributed by atoms with Crippen LogP contribution in [0.25, 0.3) is 0 Å². The number of nitrogens with zero attached hydrogens (tertiary/aromatic N) is 2. The van der Waals surface area contributed by atoms with Gasteiger partial charge < -0.3 is 14.4 Å². The number of methoxy groups -OCH3 is 1. The van der Waals surface area contributed by atoms with Crippen molar-refractivity contribution in [2.75, 3.05) is 7.11 Å². The number of hydrogen-bond donors (Lipinski definition) is 1. The molecule has 0 saturated heterocycles. The van der Waals surface area contributed by atoms with Crippen LogP contribution in [0.2, 0.25) is 0 Å². The third-order valence-electron chi connectivity index (χ3n) is 3.83. The minimum Gasteiger partial charge on any atom is -0.496 e. The molecule has 1 unspecified atom stereocenters. The summed E-state index contributed by atoms with van der Waals surface area (Å²) in [5.74, 6) is 0.826. The van der Waals surface area contributed by atoms with Crippen LogP contribution in [0.1, 0.15) is 41.8 Å². The van der Waals surface area contributed by atoms with Crippen LogP contribution in [-0.2, 0) is 6.42 Å². The van der Waals surface area contributed by atoms with Gasteiger partial charge in [-0.1, -0.05) is 17.7 Å². The molecule has 0 radical (unpaired) electrons. The largest absolute Gasteiger partial charge is 0.496 e. The van der Waals surface area contributed by atoms with E-state index in [1.54, 1.807) is 13.3 Å². The number of aryl methyl sites for hydroxylation is 1. The van der Waals surface area contributed by atoms with E-state index in [1.165, 1.54) is 18.4 Å². The zero-order valence-corrected chi connectivity index (χ0v) is 11.9. The van der Waals surface area contributed by atoms with Crippen molar-refractivity contribution in [3.8, 4) is 5.75 Å². The molecule has 20 heavy (non-hydrogen) atoms. The zero-order valence-electron chi connectivity index (χ0n) is 11.9. The molecular weight excluding hydrogens is 252 g/mol. The van der Waals surface area contributed by atoms with Crippen LogP contribution >= 0.6 is 0 Å². The van der Waals surface area contributed by atoms with Gasteiger partial charge in [0.1, 0.15) is 5.75 Å². The number of ether oxygens (including phenoxy) is 1. The van der Waals surface area contributed by atoms with Gasteiger partial charge in [-0.25, -0.2) is 4.98 Å². The predicted molar refractivity (Wildman–Crippen MR) is 76.9 cm³/mol. The molecule has 4 nitrogen and oxygen atoms in total. The number of aliphatic hydroxyl groups excluding tert-OH is 1. The van der Waals surface area contributed by atoms with Crippen molar-refractivity contribution in [1.29, 1.82) is 0 Å². The van der Waals surface area contributed by atoms with Gasteiger partial charge in [-0.05, 0) is 31.4 Å². The predicted octanol–water partition coefficient (Wildman–Crippen LogP) is 2.81. The monoisotopic (exact) mass is 272 g/mol. The Kier molecular flexibility index (Phi) is 3.49. The average molecular weight is 272 g/mol. The molecule has 106 valence electrons. The molecular formula is C16H20N2O2. The maximum atomic E-state index is 10.5. The fraction of sp³-hybridized carbons (Fsp3) is 0.438. The third kappa shape index (κ3) is 2.56. The number of imidazole rings is 1. The molecule has 3 rings (SSSR count). The van der Waals surface area contributed by atoms with Crippen LogP contribution in [0.4, 0.5) is 0 Å². The van der Waals surface area contributed by atoms with Gasteiger partial charge in [-0.2, -0.15) is 0 Å². The number of hydrogen-bond acceptors (Lipinski definition) is 3. The molecule has 1 saturated carbocycles. The summed E-state index contributed by atoms with van der Waals surface area (Å²) < 4.78 is 7.48. The molecule has 2 aromatic rings. The van der Waals surface area contributed by atoms with Crippen molar-refractivity contribution >= 4 is 0 Å². The normalized spacial score (nSPS) is 16.1. The van der Waals surface area contributed by atoms with E-state index < -0.39 is 6.10 Å². The lowest BCUT2D eigenvalue weighted by Crippen LogP contribution is -2.09. The Bertz CT molecular complexity index is 602. The summed E-state index contributed by atoms with van der Waals surface area (Å²) in [6, 6.07) is 6.57. The van der Waals surface area contributed by atoms with E-state index in [0.717, 1.165) is 17.0 Å². The van der Waals surface area contributed by atoms with E-state index in [4.69, 9.17) is 4.74 Å². The highest BCUT2D eigenvalue weighted by Gasteiger charge is 2.27. The topological polar surface area (TPSA) is 47.3 Å². The Morgan fingerprint density at radius 3 is 2.95 bits per heavy atom. The molecule has 1 aromatic heterocycles. The van der Waals surface area contributed by atoms with Crippen LogP contribution in [0.5, 0.6) is 5.75 Å². The lowest BCUT2D eigenvalue weighted by Gasteiger charge is -2.16. The lowest BCUT2D eigenvalue weighted by molar-refractivity contribution is 0.167. The first-order valence-electron chi connectivity index (χ1n) is 7.02. The van der Waals surface area contributed by atoms with Gasteiger partial charge in [-0.15, -0.1) is 0 Å². The zero-order chi connectivity index (χ0) is 14.1. The average Bonchev–Trinajstić information content (AvgIpc) is 3.16. The summed E-state index contributed by atoms with van der Waals surface area (Å²) in [5, 5.41) is 10.5. The molecule has 1 N–H and O–H groups in total. The molecule has 1 aliphatic rings. The van der Waals surface area contributed by atoms with Gasteiger partial charge in [-0.3, -0.25) is 0 Å². The molecule has 1 atom stereocenters. The highest BCUT2D eigenvalue weighted by atomic mass is 16.5. The summed E-state index contributed by atoms with van der Waals surface area (Å²) in [6.45, 7) is 2.05. The summed E-state index contributed by atoms with van der Waals surface area (Å²) >= 11 is 0. The molecule has 1 fully saturated rings. The smallest absolute Gasteiger partial charge is 0.122 e. The molecule has 4 heteroatoms. The van der Waals surface area contributed by atoms with Gasteiger partial charge in [0.05, 0.1) is 31.4 Å². The molecule has 0 spiro atoms. The first kappa shape index (κ1) is 13.2. The number of aromatic nitrogens is 2. The van der Waals surface area contributed by atoms with Gasteiger partial charge in [0.15, 0.2) is 0 Å². The first-order valence-corrected chi connectivity index (χ1v) is 7.02. The molecule has 1 aliphatic carbocycles. The van der Waals surface area contributed by atoms with E-state index in [1.807, 2.05) is 25.4 Å². The Morgan fingerprint density at radius 2 is 2.25 bits per heavy atom. The maximum Gasteiger partial charge on any atom is 0.122 e. The number of rotatable bonds is 5. The summed E-state index contributed by atoms with van der Waals surface area (Å²) in [4.78, 5) is 4.18. The second-order valence-electron chi connectivity index (χ2n) is 5.49. The SMILES string of the molecule is COc1ccc(C)cc1CC(O)c1cncn1C1CC1. The van der Waals surface area contributed by atoms with Gasteiger partial charge in [0.2, 0.25) is 0 Å². The third-order valence-corrected chi connectivity index (χ3v) is 3.83. The minimum atomic E-state index is -0.547. The van der Waals surface area contributed by atoms with Crippen molar-refractivity contribution in [2.24, 2.45) is 0 Å². The Hall–Kier alpha value is -1.81. The van der Waals surface area contributed by atoms with E-state index in [2.05, 4.69) is 15.6 Å². The minimum absolute atomic E-state index is 0.529. The molecule has 0 bridgehead atoms. The van der Waals surface area contributed by atoms with Crippen LogP contribution in [-0.4, -0.2) is 21.8 Å². The maximum absolute atomic E-state index is 10.5. The quantitative estimate of drug-likeness (QED) is 0.910. The standard InChI is InChI=1S/C16H20N2O2/c1-11-3-6-16(20-2)12(7-11)8-15(19)14-9-17-10-18(14)13-4-5-13/h3,6-7,9-10,13,15,19H,4-5,8H2,1-2H3. The number of benzene rings is 1. The molecule has 1 heterocycles. The second-order valence-corrected chi connectivity index (χ2v) is 5.49. The van der Waals surface area contributed by atoms with Gasteiger partial charge >= 0.3 is 0 Å². The van der Waals surface area contributed by atoms with E-state index in [9.17, 15) is 5.11 Å². The van der Waals surface area contributed by atoms with Crippen LogP contribution < -0.4 is 4.74 Å². The Balaban J connectivity index is 1.83. The van der Waals surface area contributed by atoms with E-state index in [0.29, 0.717) is 12.5 Å². The van der Waals surface area contributed by atoms with Crippen molar-refractivity contribution < 1.29 is 9.84 Å². The fourth-order valence-electron chi connectivity index (χ4n) is 2.61. The Morgan fingerprint density at radius 1 is 1.45 bits per heavy atom. The molecule has 0 aliphatic heterocycles. The summed E-state index contributed by atoms with van der Waals surface area (Å²) in [6.07, 6.45) is 5.96. The molecule has 1 aromatic carbocycles. The van der Waals surface area contributed by atoms with Gasteiger partial charge in [0.25, 0.3) is 0 Å². The van der Waals surface area contributed by atoms with Crippen molar-refractivity contribution in [3.63, 3.8) is 0 Å². The highest BCUT2D eigenvalue weighted by Crippen LogP contribution is 2.37. The number of aliphatic hydroxyl groups is 1. The van der Waals surface area contributed by atoms with Gasteiger partial charge in [0, 0.05) is 12.5 Å². The van der Waals surface area contributed by atoms with Crippen molar-refractivity contribution in [3.05, 3.63) is 47.5 Å². The lowest BCUT2D eigenvalue weighted by atomic mass is 10.0. The van der Waals surface area contributed by atoms with Crippen LogP contribution in [0.15, 0.2) is 30.7 Å². The highest BCUT2D eigenvalue weighted by molar-refractivity contribution is 5.37. The summed E-state index contributed by atoms with van der Waals surface area (Å²) in [7, 11) is 1.66. The second kappa shape index (κ2) is 5.29. The van der Waals surface area contributed by atoms with Crippen molar-refractivity contribution in [1.82, 2.24) is 9.55 Å². The Labute approximate surface area is 119 Å². The van der Waals surface area contributed by atoms with Crippen LogP contribution in [0, 0.1) is 6.92 Å².